The number of carbonyl (C=O) groups excluding carboxylic acids is 1. The fourth-order valence-electron chi connectivity index (χ4n) is 3.12. The van der Waals surface area contributed by atoms with E-state index in [1.807, 2.05) is 0 Å². The molecule has 0 bridgehead atoms. The molecule has 0 spiro atoms. The van der Waals surface area contributed by atoms with Crippen molar-refractivity contribution < 1.29 is 22.7 Å². The van der Waals surface area contributed by atoms with Gasteiger partial charge in [-0.2, -0.15) is 5.10 Å². The van der Waals surface area contributed by atoms with Crippen molar-refractivity contribution in [3.05, 3.63) is 60.4 Å². The van der Waals surface area contributed by atoms with E-state index in [9.17, 15) is 13.6 Å². The molecule has 0 saturated carbocycles. The number of nitrogens with one attached hydrogen (secondary N) is 1. The molecule has 0 aliphatic carbocycles. The third kappa shape index (κ3) is 3.56. The number of methoxy groups -OCH3 is 1. The van der Waals surface area contributed by atoms with Gasteiger partial charge in [0.15, 0.2) is 17.3 Å². The van der Waals surface area contributed by atoms with Crippen LogP contribution in [0.4, 0.5) is 20.2 Å². The predicted octanol–water partition coefficient (Wildman–Crippen LogP) is 3.26. The summed E-state index contributed by atoms with van der Waals surface area (Å²) in [5.74, 6) is -2.09. The van der Waals surface area contributed by atoms with Crippen LogP contribution in [-0.2, 0) is 7.05 Å². The molecule has 1 amide bonds. The highest BCUT2D eigenvalue weighted by Gasteiger charge is 2.25. The fourth-order valence-corrected chi connectivity index (χ4v) is 3.12. The second-order valence-electron chi connectivity index (χ2n) is 6.42. The molecule has 3 N–H and O–H groups in total. The molecule has 0 aliphatic rings. The lowest BCUT2D eigenvalue weighted by Gasteiger charge is -2.11. The van der Waals surface area contributed by atoms with Crippen LogP contribution < -0.4 is 15.8 Å². The Bertz CT molecular complexity index is 1250. The SMILES string of the molecule is COc1ccc(-c2ncco2)cc1-c1c(N)c(C(=O)Nc2c(F)cncc2F)nn1C. The van der Waals surface area contributed by atoms with Crippen LogP contribution >= 0.6 is 0 Å². The molecule has 0 unspecified atom stereocenters. The Hall–Kier alpha value is -4.28. The first kappa shape index (κ1) is 20.0. The monoisotopic (exact) mass is 426 g/mol. The number of rotatable bonds is 5. The van der Waals surface area contributed by atoms with Crippen molar-refractivity contribution in [2.75, 3.05) is 18.2 Å². The molecule has 0 radical (unpaired) electrons. The van der Waals surface area contributed by atoms with Gasteiger partial charge in [-0.15, -0.1) is 0 Å². The average Bonchev–Trinajstić information content (AvgIpc) is 3.38. The Morgan fingerprint density at radius 2 is 2.00 bits per heavy atom. The number of pyridine rings is 1. The Morgan fingerprint density at radius 1 is 1.26 bits per heavy atom. The van der Waals surface area contributed by atoms with Gasteiger partial charge in [-0.3, -0.25) is 14.5 Å². The van der Waals surface area contributed by atoms with Crippen molar-refractivity contribution in [3.63, 3.8) is 0 Å². The average molecular weight is 426 g/mol. The molecular formula is C20H16F2N6O3. The smallest absolute Gasteiger partial charge is 0.278 e. The van der Waals surface area contributed by atoms with Crippen molar-refractivity contribution in [2.45, 2.75) is 0 Å². The molecule has 0 aliphatic heterocycles. The van der Waals surface area contributed by atoms with Crippen molar-refractivity contribution in [1.82, 2.24) is 19.7 Å². The highest BCUT2D eigenvalue weighted by molar-refractivity contribution is 6.08. The summed E-state index contributed by atoms with van der Waals surface area (Å²) in [7, 11) is 3.06. The van der Waals surface area contributed by atoms with E-state index in [4.69, 9.17) is 14.9 Å². The van der Waals surface area contributed by atoms with Crippen molar-refractivity contribution in [2.24, 2.45) is 7.05 Å². The summed E-state index contributed by atoms with van der Waals surface area (Å²) in [6.45, 7) is 0. The number of carbonyl (C=O) groups is 1. The number of hydrogen-bond acceptors (Lipinski definition) is 7. The van der Waals surface area contributed by atoms with E-state index in [1.165, 1.54) is 24.3 Å². The van der Waals surface area contributed by atoms with Crippen molar-refractivity contribution in [3.8, 4) is 28.5 Å². The van der Waals surface area contributed by atoms with Crippen LogP contribution in [0.15, 0.2) is 47.5 Å². The molecule has 9 nitrogen and oxygen atoms in total. The zero-order valence-corrected chi connectivity index (χ0v) is 16.4. The van der Waals surface area contributed by atoms with E-state index in [0.717, 1.165) is 12.4 Å². The van der Waals surface area contributed by atoms with E-state index in [0.29, 0.717) is 28.5 Å². The number of nitrogens with two attached hydrogens (primary N) is 1. The Balaban J connectivity index is 1.77. The largest absolute Gasteiger partial charge is 0.496 e. The molecule has 0 saturated heterocycles. The molecule has 0 atom stereocenters. The quantitative estimate of drug-likeness (QED) is 0.502. The lowest BCUT2D eigenvalue weighted by molar-refractivity contribution is 0.102. The molecule has 4 aromatic rings. The minimum atomic E-state index is -1.02. The number of hydrogen-bond donors (Lipinski definition) is 2. The van der Waals surface area contributed by atoms with Crippen LogP contribution in [0.25, 0.3) is 22.7 Å². The van der Waals surface area contributed by atoms with E-state index < -0.39 is 23.2 Å². The van der Waals surface area contributed by atoms with Crippen LogP contribution in [0.5, 0.6) is 5.75 Å². The maximum atomic E-state index is 13.8. The lowest BCUT2D eigenvalue weighted by atomic mass is 10.0. The number of oxazole rings is 1. The molecule has 11 heteroatoms. The standard InChI is InChI=1S/C20H16F2N6O3/c1-28-18(11-7-10(3-4-14(11)30-2)20-25-5-6-31-20)15(23)17(27-28)19(29)26-16-12(21)8-24-9-13(16)22/h3-9H,23H2,1-2H3,(H,24,26,29). The van der Waals surface area contributed by atoms with E-state index in [1.54, 1.807) is 25.2 Å². The number of nitrogen functional groups attached to an aromatic ring is 1. The van der Waals surface area contributed by atoms with Gasteiger partial charge in [-0.05, 0) is 18.2 Å². The summed E-state index contributed by atoms with van der Waals surface area (Å²) in [5.41, 5.74) is 6.90. The van der Waals surface area contributed by atoms with Crippen LogP contribution in [0.2, 0.25) is 0 Å². The number of aryl methyl sites for hydroxylation is 1. The Kier molecular flexibility index (Phi) is 5.07. The maximum absolute atomic E-state index is 13.8. The molecule has 3 heterocycles. The fraction of sp³-hybridized carbons (Fsp3) is 0.100. The first-order valence-corrected chi connectivity index (χ1v) is 8.91. The highest BCUT2D eigenvalue weighted by atomic mass is 19.1. The molecule has 31 heavy (non-hydrogen) atoms. The normalized spacial score (nSPS) is 10.8. The van der Waals surface area contributed by atoms with Crippen molar-refractivity contribution in [1.29, 1.82) is 0 Å². The number of anilines is 2. The first-order valence-electron chi connectivity index (χ1n) is 8.91. The van der Waals surface area contributed by atoms with Gasteiger partial charge < -0.3 is 20.2 Å². The Morgan fingerprint density at radius 3 is 2.65 bits per heavy atom. The van der Waals surface area contributed by atoms with Gasteiger partial charge in [0.05, 0.1) is 37.1 Å². The summed E-state index contributed by atoms with van der Waals surface area (Å²) < 4.78 is 39.8. The minimum absolute atomic E-state index is 0.00211. The number of aromatic nitrogens is 4. The van der Waals surface area contributed by atoms with Crippen LogP contribution in [0.3, 0.4) is 0 Å². The summed E-state index contributed by atoms with van der Waals surface area (Å²) in [4.78, 5) is 20.2. The van der Waals surface area contributed by atoms with Gasteiger partial charge in [0, 0.05) is 18.2 Å². The number of amides is 1. The molecule has 3 aromatic heterocycles. The predicted molar refractivity (Wildman–Crippen MR) is 107 cm³/mol. The van der Waals surface area contributed by atoms with Gasteiger partial charge in [0.1, 0.15) is 17.7 Å². The molecular weight excluding hydrogens is 410 g/mol. The Labute approximate surface area is 174 Å². The number of ether oxygens (including phenoxy) is 1. The third-order valence-electron chi connectivity index (χ3n) is 4.52. The van der Waals surface area contributed by atoms with Gasteiger partial charge >= 0.3 is 0 Å². The number of benzene rings is 1. The summed E-state index contributed by atoms with van der Waals surface area (Å²) in [6.07, 6.45) is 4.52. The number of nitrogens with zero attached hydrogens (tertiary/aromatic N) is 4. The van der Waals surface area contributed by atoms with Gasteiger partial charge in [0.2, 0.25) is 5.89 Å². The van der Waals surface area contributed by atoms with E-state index >= 15 is 0 Å². The second-order valence-corrected chi connectivity index (χ2v) is 6.42. The zero-order chi connectivity index (χ0) is 22.1. The number of halogens is 2. The van der Waals surface area contributed by atoms with Gasteiger partial charge in [-0.25, -0.2) is 13.8 Å². The van der Waals surface area contributed by atoms with Crippen LogP contribution in [-0.4, -0.2) is 32.8 Å². The van der Waals surface area contributed by atoms with Gasteiger partial charge in [-0.1, -0.05) is 0 Å². The summed E-state index contributed by atoms with van der Waals surface area (Å²) in [6, 6.07) is 5.17. The molecule has 158 valence electrons. The van der Waals surface area contributed by atoms with E-state index in [-0.39, 0.29) is 11.4 Å². The summed E-state index contributed by atoms with van der Waals surface area (Å²) >= 11 is 0. The summed E-state index contributed by atoms with van der Waals surface area (Å²) in [5, 5.41) is 6.28. The van der Waals surface area contributed by atoms with Gasteiger partial charge in [0.25, 0.3) is 5.91 Å². The minimum Gasteiger partial charge on any atom is -0.496 e. The topological polar surface area (TPSA) is 121 Å². The van der Waals surface area contributed by atoms with Crippen LogP contribution in [0.1, 0.15) is 10.5 Å². The lowest BCUT2D eigenvalue weighted by Crippen LogP contribution is -2.16. The maximum Gasteiger partial charge on any atom is 0.278 e. The molecule has 4 rings (SSSR count). The van der Waals surface area contributed by atoms with Crippen LogP contribution in [0, 0.1) is 11.6 Å². The van der Waals surface area contributed by atoms with Crippen molar-refractivity contribution >= 4 is 17.3 Å². The highest BCUT2D eigenvalue weighted by Crippen LogP contribution is 2.38. The first-order chi connectivity index (χ1) is 14.9. The molecule has 0 fully saturated rings. The zero-order valence-electron chi connectivity index (χ0n) is 16.4. The van der Waals surface area contributed by atoms with E-state index in [2.05, 4.69) is 20.4 Å². The molecule has 1 aromatic carbocycles. The second kappa shape index (κ2) is 7.86. The third-order valence-corrected chi connectivity index (χ3v) is 4.52.